The van der Waals surface area contributed by atoms with Crippen molar-refractivity contribution in [3.8, 4) is 5.75 Å². The van der Waals surface area contributed by atoms with Crippen molar-refractivity contribution < 1.29 is 18.7 Å². The van der Waals surface area contributed by atoms with Gasteiger partial charge in [-0.2, -0.15) is 0 Å². The fourth-order valence-electron chi connectivity index (χ4n) is 2.08. The van der Waals surface area contributed by atoms with E-state index in [0.29, 0.717) is 24.4 Å². The summed E-state index contributed by atoms with van der Waals surface area (Å²) in [6.45, 7) is 1.18. The molecule has 0 bridgehead atoms. The predicted molar refractivity (Wildman–Crippen MR) is 81.3 cm³/mol. The summed E-state index contributed by atoms with van der Waals surface area (Å²) in [4.78, 5) is 11.5. The van der Waals surface area contributed by atoms with Crippen molar-refractivity contribution in [3.05, 3.63) is 65.0 Å². The molecule has 1 N–H and O–H groups in total. The van der Waals surface area contributed by atoms with E-state index in [4.69, 9.17) is 4.74 Å². The van der Waals surface area contributed by atoms with Crippen LogP contribution in [-0.4, -0.2) is 20.2 Å². The molecule has 2 rings (SSSR count). The fourth-order valence-corrected chi connectivity index (χ4v) is 2.08. The van der Waals surface area contributed by atoms with E-state index in [0.717, 1.165) is 11.1 Å². The Morgan fingerprint density at radius 2 is 1.82 bits per heavy atom. The molecule has 0 saturated heterocycles. The number of rotatable bonds is 6. The number of hydrogen-bond donors (Lipinski definition) is 1. The minimum absolute atomic E-state index is 0.246. The number of carbonyl (C=O) groups excluding carboxylic acids is 1. The number of ether oxygens (including phenoxy) is 2. The van der Waals surface area contributed by atoms with Crippen molar-refractivity contribution in [1.82, 2.24) is 5.32 Å². The Morgan fingerprint density at radius 3 is 2.45 bits per heavy atom. The Balaban J connectivity index is 2.00. The van der Waals surface area contributed by atoms with Crippen LogP contribution in [-0.2, 0) is 17.8 Å². The van der Waals surface area contributed by atoms with Crippen LogP contribution in [0.3, 0.4) is 0 Å². The van der Waals surface area contributed by atoms with Gasteiger partial charge in [-0.3, -0.25) is 0 Å². The van der Waals surface area contributed by atoms with Crippen LogP contribution in [0.15, 0.2) is 42.5 Å². The van der Waals surface area contributed by atoms with Crippen molar-refractivity contribution in [2.45, 2.75) is 13.1 Å². The summed E-state index contributed by atoms with van der Waals surface area (Å²) in [5.74, 6) is -0.0255. The van der Waals surface area contributed by atoms with E-state index in [2.05, 4.69) is 10.1 Å². The monoisotopic (exact) mass is 303 g/mol. The average molecular weight is 303 g/mol. The van der Waals surface area contributed by atoms with Gasteiger partial charge >= 0.3 is 5.97 Å². The van der Waals surface area contributed by atoms with E-state index in [1.54, 1.807) is 31.4 Å². The topological polar surface area (TPSA) is 47.6 Å². The molecule has 0 saturated carbocycles. The molecule has 0 aliphatic heterocycles. The molecule has 0 aliphatic rings. The molecule has 0 aromatic heterocycles. The molecule has 0 heterocycles. The second-order valence-corrected chi connectivity index (χ2v) is 4.75. The van der Waals surface area contributed by atoms with E-state index < -0.39 is 5.97 Å². The van der Waals surface area contributed by atoms with Gasteiger partial charge in [0.25, 0.3) is 0 Å². The lowest BCUT2D eigenvalue weighted by Gasteiger charge is -2.11. The number of nitrogens with one attached hydrogen (secondary N) is 1. The molecule has 2 aromatic carbocycles. The number of halogens is 1. The summed E-state index contributed by atoms with van der Waals surface area (Å²) in [6, 6.07) is 11.5. The first-order chi connectivity index (χ1) is 10.6. The number of esters is 1. The summed E-state index contributed by atoms with van der Waals surface area (Å²) < 4.78 is 22.8. The second-order valence-electron chi connectivity index (χ2n) is 4.75. The maximum atomic E-state index is 12.8. The van der Waals surface area contributed by atoms with E-state index in [1.807, 2.05) is 6.07 Å². The van der Waals surface area contributed by atoms with Crippen molar-refractivity contribution in [1.29, 1.82) is 0 Å². The van der Waals surface area contributed by atoms with Crippen LogP contribution in [0.2, 0.25) is 0 Å². The first-order valence-corrected chi connectivity index (χ1v) is 6.84. The normalized spacial score (nSPS) is 10.3. The predicted octanol–water partition coefficient (Wildman–Crippen LogP) is 2.91. The third-order valence-corrected chi connectivity index (χ3v) is 3.27. The second kappa shape index (κ2) is 7.56. The SMILES string of the molecule is COC(=O)c1ccc(CNCc2ccc(F)cc2)c(OC)c1. The Morgan fingerprint density at radius 1 is 1.09 bits per heavy atom. The van der Waals surface area contributed by atoms with Gasteiger partial charge in [0.1, 0.15) is 11.6 Å². The third kappa shape index (κ3) is 4.05. The Kier molecular flexibility index (Phi) is 5.49. The number of hydrogen-bond acceptors (Lipinski definition) is 4. The first-order valence-electron chi connectivity index (χ1n) is 6.84. The summed E-state index contributed by atoms with van der Waals surface area (Å²) >= 11 is 0. The van der Waals surface area contributed by atoms with E-state index in [1.165, 1.54) is 19.2 Å². The van der Waals surface area contributed by atoms with Crippen LogP contribution >= 0.6 is 0 Å². The van der Waals surface area contributed by atoms with Gasteiger partial charge < -0.3 is 14.8 Å². The molecule has 4 nitrogen and oxygen atoms in total. The van der Waals surface area contributed by atoms with Crippen LogP contribution in [0, 0.1) is 5.82 Å². The highest BCUT2D eigenvalue weighted by Crippen LogP contribution is 2.20. The molecule has 2 aromatic rings. The maximum Gasteiger partial charge on any atom is 0.337 e. The lowest BCUT2D eigenvalue weighted by Crippen LogP contribution is -2.14. The molecule has 5 heteroatoms. The van der Waals surface area contributed by atoms with Crippen molar-refractivity contribution >= 4 is 5.97 Å². The zero-order valence-corrected chi connectivity index (χ0v) is 12.6. The van der Waals surface area contributed by atoms with E-state index >= 15 is 0 Å². The van der Waals surface area contributed by atoms with Gasteiger partial charge in [-0.1, -0.05) is 18.2 Å². The van der Waals surface area contributed by atoms with Gasteiger partial charge in [-0.05, 0) is 29.8 Å². The summed E-state index contributed by atoms with van der Waals surface area (Å²) in [5.41, 5.74) is 2.37. The Bertz CT molecular complexity index is 641. The van der Waals surface area contributed by atoms with Crippen LogP contribution in [0.5, 0.6) is 5.75 Å². The minimum Gasteiger partial charge on any atom is -0.496 e. The largest absolute Gasteiger partial charge is 0.496 e. The van der Waals surface area contributed by atoms with Crippen LogP contribution in [0.25, 0.3) is 0 Å². The Hall–Kier alpha value is -2.40. The van der Waals surface area contributed by atoms with Crippen LogP contribution in [0.4, 0.5) is 4.39 Å². The molecular formula is C17H18FNO3. The van der Waals surface area contributed by atoms with E-state index in [9.17, 15) is 9.18 Å². The van der Waals surface area contributed by atoms with Crippen molar-refractivity contribution in [3.63, 3.8) is 0 Å². The van der Waals surface area contributed by atoms with E-state index in [-0.39, 0.29) is 5.82 Å². The van der Waals surface area contributed by atoms with Crippen molar-refractivity contribution in [2.75, 3.05) is 14.2 Å². The quantitative estimate of drug-likeness (QED) is 0.834. The van der Waals surface area contributed by atoms with Gasteiger partial charge in [0.15, 0.2) is 0 Å². The molecule has 0 unspecified atom stereocenters. The first kappa shape index (κ1) is 16.0. The zero-order valence-electron chi connectivity index (χ0n) is 12.6. The van der Waals surface area contributed by atoms with Gasteiger partial charge in [0, 0.05) is 18.7 Å². The number of carbonyl (C=O) groups is 1. The summed E-state index contributed by atoms with van der Waals surface area (Å²) in [7, 11) is 2.90. The lowest BCUT2D eigenvalue weighted by atomic mass is 10.1. The minimum atomic E-state index is -0.399. The van der Waals surface area contributed by atoms with Crippen LogP contribution < -0.4 is 10.1 Å². The van der Waals surface area contributed by atoms with Crippen LogP contribution in [0.1, 0.15) is 21.5 Å². The highest BCUT2D eigenvalue weighted by atomic mass is 19.1. The Labute approximate surface area is 128 Å². The molecule has 0 radical (unpaired) electrons. The summed E-state index contributed by atoms with van der Waals surface area (Å²) in [5, 5.41) is 3.26. The molecule has 0 fully saturated rings. The molecule has 22 heavy (non-hydrogen) atoms. The maximum absolute atomic E-state index is 12.8. The molecule has 0 aliphatic carbocycles. The van der Waals surface area contributed by atoms with Gasteiger partial charge in [-0.15, -0.1) is 0 Å². The summed E-state index contributed by atoms with van der Waals surface area (Å²) in [6.07, 6.45) is 0. The molecule has 0 atom stereocenters. The van der Waals surface area contributed by atoms with Gasteiger partial charge in [-0.25, -0.2) is 9.18 Å². The highest BCUT2D eigenvalue weighted by Gasteiger charge is 2.10. The van der Waals surface area contributed by atoms with Gasteiger partial charge in [0.2, 0.25) is 0 Å². The standard InChI is InChI=1S/C17H18FNO3/c1-21-16-9-13(17(20)22-2)5-6-14(16)11-19-10-12-3-7-15(18)8-4-12/h3-9,19H,10-11H2,1-2H3. The smallest absolute Gasteiger partial charge is 0.337 e. The zero-order chi connectivity index (χ0) is 15.9. The molecule has 0 spiro atoms. The third-order valence-electron chi connectivity index (χ3n) is 3.27. The molecule has 0 amide bonds. The highest BCUT2D eigenvalue weighted by molar-refractivity contribution is 5.89. The average Bonchev–Trinajstić information content (AvgIpc) is 2.56. The van der Waals surface area contributed by atoms with Gasteiger partial charge in [0.05, 0.1) is 19.8 Å². The number of benzene rings is 2. The fraction of sp³-hybridized carbons (Fsp3) is 0.235. The lowest BCUT2D eigenvalue weighted by molar-refractivity contribution is 0.0600. The molecular weight excluding hydrogens is 285 g/mol. The molecule has 116 valence electrons. The van der Waals surface area contributed by atoms with Crippen molar-refractivity contribution in [2.24, 2.45) is 0 Å². The number of methoxy groups -OCH3 is 2.